The molecular formula is C12H15F2NO2. The maximum atomic E-state index is 12.9. The molecule has 0 aliphatic carbocycles. The Bertz CT molecular complexity index is 427. The molecule has 1 rings (SSSR count). The number of hydrogen-bond acceptors (Lipinski definition) is 2. The Morgan fingerprint density at radius 3 is 2.41 bits per heavy atom. The highest BCUT2D eigenvalue weighted by molar-refractivity contribution is 5.94. The molecule has 1 aromatic carbocycles. The molecule has 0 aromatic heterocycles. The maximum Gasteiger partial charge on any atom is 0.253 e. The lowest BCUT2D eigenvalue weighted by Crippen LogP contribution is -2.39. The van der Waals surface area contributed by atoms with Crippen molar-refractivity contribution in [3.63, 3.8) is 0 Å². The molecule has 0 aliphatic heterocycles. The third-order valence-electron chi connectivity index (χ3n) is 2.14. The van der Waals surface area contributed by atoms with Gasteiger partial charge in [0.1, 0.15) is 0 Å². The number of carbonyl (C=O) groups excluding carboxylic acids is 1. The molecule has 17 heavy (non-hydrogen) atoms. The summed E-state index contributed by atoms with van der Waals surface area (Å²) < 4.78 is 25.6. The molecule has 1 aromatic rings. The molecule has 0 heterocycles. The predicted molar refractivity (Wildman–Crippen MR) is 59.6 cm³/mol. The van der Waals surface area contributed by atoms with Gasteiger partial charge in [-0.05, 0) is 32.0 Å². The zero-order valence-corrected chi connectivity index (χ0v) is 10.00. The second-order valence-electron chi connectivity index (χ2n) is 4.60. The van der Waals surface area contributed by atoms with E-state index in [1.165, 1.54) is 18.0 Å². The lowest BCUT2D eigenvalue weighted by molar-refractivity contribution is 0.0367. The molecule has 94 valence electrons. The molecule has 0 aliphatic rings. The number of nitrogens with zero attached hydrogens (tertiary/aromatic N) is 1. The van der Waals surface area contributed by atoms with Crippen LogP contribution < -0.4 is 0 Å². The average molecular weight is 243 g/mol. The van der Waals surface area contributed by atoms with Crippen LogP contribution in [-0.4, -0.2) is 35.1 Å². The van der Waals surface area contributed by atoms with E-state index in [0.717, 1.165) is 12.1 Å². The number of rotatable bonds is 3. The summed E-state index contributed by atoms with van der Waals surface area (Å²) in [6, 6.07) is 2.96. The average Bonchev–Trinajstić information content (AvgIpc) is 2.18. The number of aliphatic hydroxyl groups is 1. The van der Waals surface area contributed by atoms with Crippen LogP contribution in [0.1, 0.15) is 24.2 Å². The summed E-state index contributed by atoms with van der Waals surface area (Å²) in [5.74, 6) is -2.52. The quantitative estimate of drug-likeness (QED) is 0.879. The number of carbonyl (C=O) groups is 1. The smallest absolute Gasteiger partial charge is 0.253 e. The number of halogens is 2. The maximum absolute atomic E-state index is 12.9. The Kier molecular flexibility index (Phi) is 3.83. The monoisotopic (exact) mass is 243 g/mol. The number of hydrogen-bond donors (Lipinski definition) is 1. The van der Waals surface area contributed by atoms with Crippen LogP contribution in [0.4, 0.5) is 8.78 Å². The van der Waals surface area contributed by atoms with Gasteiger partial charge in [0.05, 0.1) is 5.60 Å². The second-order valence-corrected chi connectivity index (χ2v) is 4.60. The van der Waals surface area contributed by atoms with Gasteiger partial charge < -0.3 is 10.0 Å². The first-order chi connectivity index (χ1) is 7.70. The zero-order valence-electron chi connectivity index (χ0n) is 10.00. The van der Waals surface area contributed by atoms with Crippen molar-refractivity contribution in [3.8, 4) is 0 Å². The topological polar surface area (TPSA) is 40.5 Å². The Labute approximate surface area is 98.7 Å². The molecule has 0 bridgehead atoms. The summed E-state index contributed by atoms with van der Waals surface area (Å²) in [5.41, 5.74) is -0.987. The molecule has 1 N–H and O–H groups in total. The van der Waals surface area contributed by atoms with Crippen molar-refractivity contribution in [2.24, 2.45) is 0 Å². The van der Waals surface area contributed by atoms with Crippen LogP contribution >= 0.6 is 0 Å². The van der Waals surface area contributed by atoms with Gasteiger partial charge in [-0.15, -0.1) is 0 Å². The number of amides is 1. The largest absolute Gasteiger partial charge is 0.389 e. The molecule has 0 unspecified atom stereocenters. The van der Waals surface area contributed by atoms with Crippen molar-refractivity contribution in [1.29, 1.82) is 0 Å². The van der Waals surface area contributed by atoms with E-state index in [2.05, 4.69) is 0 Å². The molecule has 1 amide bonds. The summed E-state index contributed by atoms with van der Waals surface area (Å²) in [6.07, 6.45) is 0. The van der Waals surface area contributed by atoms with Crippen molar-refractivity contribution in [2.75, 3.05) is 13.6 Å². The molecule has 0 fully saturated rings. The van der Waals surface area contributed by atoms with Gasteiger partial charge in [0, 0.05) is 19.2 Å². The van der Waals surface area contributed by atoms with Crippen LogP contribution in [0.25, 0.3) is 0 Å². The first-order valence-corrected chi connectivity index (χ1v) is 5.13. The van der Waals surface area contributed by atoms with E-state index in [-0.39, 0.29) is 12.1 Å². The number of benzene rings is 1. The van der Waals surface area contributed by atoms with Gasteiger partial charge in [-0.1, -0.05) is 0 Å². The van der Waals surface area contributed by atoms with Crippen molar-refractivity contribution < 1.29 is 18.7 Å². The van der Waals surface area contributed by atoms with E-state index in [4.69, 9.17) is 0 Å². The van der Waals surface area contributed by atoms with Crippen LogP contribution in [0.5, 0.6) is 0 Å². The lowest BCUT2D eigenvalue weighted by atomic mass is 10.1. The summed E-state index contributed by atoms with van der Waals surface area (Å²) in [7, 11) is 1.49. The van der Waals surface area contributed by atoms with Gasteiger partial charge in [0.2, 0.25) is 0 Å². The molecule has 0 radical (unpaired) electrons. The minimum Gasteiger partial charge on any atom is -0.389 e. The van der Waals surface area contributed by atoms with E-state index in [1.54, 1.807) is 13.8 Å². The van der Waals surface area contributed by atoms with Crippen LogP contribution in [0.3, 0.4) is 0 Å². The van der Waals surface area contributed by atoms with Crippen LogP contribution in [0, 0.1) is 11.6 Å². The van der Waals surface area contributed by atoms with Crippen LogP contribution in [0.15, 0.2) is 18.2 Å². The highest BCUT2D eigenvalue weighted by Crippen LogP contribution is 2.12. The zero-order chi connectivity index (χ0) is 13.2. The standard InChI is InChI=1S/C12H15F2NO2/c1-12(2,17)7-15(3)11(16)8-4-5-9(13)10(14)6-8/h4-6,17H,7H2,1-3H3. The summed E-state index contributed by atoms with van der Waals surface area (Å²) in [5, 5.41) is 9.55. The summed E-state index contributed by atoms with van der Waals surface area (Å²) in [4.78, 5) is 13.1. The molecular weight excluding hydrogens is 228 g/mol. The van der Waals surface area contributed by atoms with Gasteiger partial charge in [-0.2, -0.15) is 0 Å². The minimum absolute atomic E-state index is 0.0515. The highest BCUT2D eigenvalue weighted by atomic mass is 19.2. The highest BCUT2D eigenvalue weighted by Gasteiger charge is 2.21. The molecule has 3 nitrogen and oxygen atoms in total. The SMILES string of the molecule is CN(CC(C)(C)O)C(=O)c1ccc(F)c(F)c1. The van der Waals surface area contributed by atoms with Crippen molar-refractivity contribution in [1.82, 2.24) is 4.90 Å². The van der Waals surface area contributed by atoms with Crippen LogP contribution in [0.2, 0.25) is 0 Å². The fourth-order valence-corrected chi connectivity index (χ4v) is 1.50. The van der Waals surface area contributed by atoms with E-state index in [1.807, 2.05) is 0 Å². The van der Waals surface area contributed by atoms with Gasteiger partial charge in [-0.3, -0.25) is 4.79 Å². The molecule has 0 atom stereocenters. The molecule has 0 saturated carbocycles. The third-order valence-corrected chi connectivity index (χ3v) is 2.14. The van der Waals surface area contributed by atoms with Crippen LogP contribution in [-0.2, 0) is 0 Å². The summed E-state index contributed by atoms with van der Waals surface area (Å²) in [6.45, 7) is 3.22. The van der Waals surface area contributed by atoms with Gasteiger partial charge >= 0.3 is 0 Å². The Morgan fingerprint density at radius 2 is 1.94 bits per heavy atom. The van der Waals surface area contributed by atoms with E-state index >= 15 is 0 Å². The lowest BCUT2D eigenvalue weighted by Gasteiger charge is -2.25. The third kappa shape index (κ3) is 3.78. The predicted octanol–water partition coefficient (Wildman–Crippen LogP) is 1.81. The number of likely N-dealkylation sites (N-methyl/N-ethyl adjacent to an activating group) is 1. The van der Waals surface area contributed by atoms with E-state index in [0.29, 0.717) is 0 Å². The first kappa shape index (κ1) is 13.6. The van der Waals surface area contributed by atoms with Crippen molar-refractivity contribution >= 4 is 5.91 Å². The van der Waals surface area contributed by atoms with Gasteiger partial charge in [-0.25, -0.2) is 8.78 Å². The van der Waals surface area contributed by atoms with Gasteiger partial charge in [0.15, 0.2) is 11.6 Å². The van der Waals surface area contributed by atoms with E-state index < -0.39 is 23.1 Å². The van der Waals surface area contributed by atoms with Gasteiger partial charge in [0.25, 0.3) is 5.91 Å². The molecule has 5 heteroatoms. The fraction of sp³-hybridized carbons (Fsp3) is 0.417. The Balaban J connectivity index is 2.85. The van der Waals surface area contributed by atoms with Crippen molar-refractivity contribution in [2.45, 2.75) is 19.4 Å². The Hall–Kier alpha value is -1.49. The first-order valence-electron chi connectivity index (χ1n) is 5.13. The second kappa shape index (κ2) is 4.79. The normalized spacial score (nSPS) is 11.4. The Morgan fingerprint density at radius 1 is 1.35 bits per heavy atom. The van der Waals surface area contributed by atoms with E-state index in [9.17, 15) is 18.7 Å². The van der Waals surface area contributed by atoms with Crippen molar-refractivity contribution in [3.05, 3.63) is 35.4 Å². The molecule has 0 saturated heterocycles. The minimum atomic E-state index is -1.06. The summed E-state index contributed by atoms with van der Waals surface area (Å²) >= 11 is 0. The molecule has 0 spiro atoms. The fourth-order valence-electron chi connectivity index (χ4n) is 1.50.